The SMILES string of the molecule is O=C(c1oc2ccccc2c1CSc1ncccn1)N1CCOCC1. The van der Waals surface area contributed by atoms with Gasteiger partial charge in [0, 0.05) is 42.2 Å². The van der Waals surface area contributed by atoms with Crippen molar-refractivity contribution in [3.63, 3.8) is 0 Å². The first kappa shape index (κ1) is 16.1. The van der Waals surface area contributed by atoms with Crippen molar-refractivity contribution in [3.8, 4) is 0 Å². The molecule has 1 amide bonds. The van der Waals surface area contributed by atoms with Crippen LogP contribution in [0.25, 0.3) is 11.0 Å². The molecule has 128 valence electrons. The number of rotatable bonds is 4. The summed E-state index contributed by atoms with van der Waals surface area (Å²) < 4.78 is 11.3. The minimum absolute atomic E-state index is 0.0796. The average molecular weight is 355 g/mol. The average Bonchev–Trinajstić information content (AvgIpc) is 3.06. The van der Waals surface area contributed by atoms with Crippen LogP contribution in [0.2, 0.25) is 0 Å². The number of furan rings is 1. The van der Waals surface area contributed by atoms with Gasteiger partial charge in [0.05, 0.1) is 13.2 Å². The number of aromatic nitrogens is 2. The molecule has 2 aromatic heterocycles. The Labute approximate surface area is 149 Å². The first-order chi connectivity index (χ1) is 12.3. The Morgan fingerprint density at radius 2 is 1.88 bits per heavy atom. The van der Waals surface area contributed by atoms with Gasteiger partial charge in [-0.05, 0) is 12.1 Å². The number of hydrogen-bond donors (Lipinski definition) is 0. The summed E-state index contributed by atoms with van der Waals surface area (Å²) in [7, 11) is 0. The van der Waals surface area contributed by atoms with Crippen LogP contribution in [0.5, 0.6) is 0 Å². The zero-order valence-corrected chi connectivity index (χ0v) is 14.4. The molecular weight excluding hydrogens is 338 g/mol. The molecule has 0 bridgehead atoms. The van der Waals surface area contributed by atoms with Gasteiger partial charge >= 0.3 is 0 Å². The van der Waals surface area contributed by atoms with E-state index in [1.54, 1.807) is 23.4 Å². The lowest BCUT2D eigenvalue weighted by atomic mass is 10.1. The van der Waals surface area contributed by atoms with Crippen LogP contribution in [0, 0.1) is 0 Å². The van der Waals surface area contributed by atoms with Crippen molar-refractivity contribution >= 4 is 28.6 Å². The molecule has 1 saturated heterocycles. The number of nitrogens with zero attached hydrogens (tertiary/aromatic N) is 3. The van der Waals surface area contributed by atoms with Crippen LogP contribution in [-0.2, 0) is 10.5 Å². The maximum absolute atomic E-state index is 12.9. The minimum atomic E-state index is -0.0796. The quantitative estimate of drug-likeness (QED) is 0.529. The fraction of sp³-hybridized carbons (Fsp3) is 0.278. The fourth-order valence-electron chi connectivity index (χ4n) is 2.82. The van der Waals surface area contributed by atoms with Gasteiger partial charge in [-0.1, -0.05) is 30.0 Å². The van der Waals surface area contributed by atoms with Crippen molar-refractivity contribution in [1.82, 2.24) is 14.9 Å². The monoisotopic (exact) mass is 355 g/mol. The summed E-state index contributed by atoms with van der Waals surface area (Å²) >= 11 is 1.49. The second-order valence-electron chi connectivity index (χ2n) is 5.63. The predicted octanol–water partition coefficient (Wildman–Crippen LogP) is 2.99. The molecule has 0 atom stereocenters. The fourth-order valence-corrected chi connectivity index (χ4v) is 3.65. The van der Waals surface area contributed by atoms with Gasteiger partial charge in [0.2, 0.25) is 0 Å². The lowest BCUT2D eigenvalue weighted by Gasteiger charge is -2.26. The van der Waals surface area contributed by atoms with Crippen LogP contribution in [-0.4, -0.2) is 47.1 Å². The second kappa shape index (κ2) is 7.25. The van der Waals surface area contributed by atoms with E-state index in [0.717, 1.165) is 16.5 Å². The van der Waals surface area contributed by atoms with E-state index in [1.165, 1.54) is 11.8 Å². The largest absolute Gasteiger partial charge is 0.451 e. The van der Waals surface area contributed by atoms with Gasteiger partial charge in [0.1, 0.15) is 5.58 Å². The molecule has 6 nitrogen and oxygen atoms in total. The highest BCUT2D eigenvalue weighted by Gasteiger charge is 2.26. The van der Waals surface area contributed by atoms with Gasteiger partial charge < -0.3 is 14.1 Å². The molecule has 0 N–H and O–H groups in total. The van der Waals surface area contributed by atoms with E-state index in [1.807, 2.05) is 24.3 Å². The van der Waals surface area contributed by atoms with E-state index in [9.17, 15) is 4.79 Å². The van der Waals surface area contributed by atoms with Crippen molar-refractivity contribution < 1.29 is 13.9 Å². The minimum Gasteiger partial charge on any atom is -0.451 e. The Bertz CT molecular complexity index is 876. The van der Waals surface area contributed by atoms with Gasteiger partial charge in [-0.25, -0.2) is 9.97 Å². The Hall–Kier alpha value is -2.38. The molecule has 3 aromatic rings. The molecule has 0 unspecified atom stereocenters. The lowest BCUT2D eigenvalue weighted by Crippen LogP contribution is -2.40. The summed E-state index contributed by atoms with van der Waals surface area (Å²) in [6, 6.07) is 9.51. The zero-order valence-electron chi connectivity index (χ0n) is 13.6. The molecule has 0 saturated carbocycles. The molecule has 4 rings (SSSR count). The van der Waals surface area contributed by atoms with E-state index in [-0.39, 0.29) is 5.91 Å². The van der Waals surface area contributed by atoms with E-state index < -0.39 is 0 Å². The van der Waals surface area contributed by atoms with Gasteiger partial charge in [-0.15, -0.1) is 0 Å². The molecule has 1 aliphatic rings. The standard InChI is InChI=1S/C18H17N3O3S/c22-17(21-8-10-23-11-9-21)16-14(12-25-18-19-6-3-7-20-18)13-4-1-2-5-15(13)24-16/h1-7H,8-12H2. The number of ether oxygens (including phenoxy) is 1. The smallest absolute Gasteiger partial charge is 0.290 e. The van der Waals surface area contributed by atoms with Crippen molar-refractivity contribution in [2.24, 2.45) is 0 Å². The highest BCUT2D eigenvalue weighted by molar-refractivity contribution is 7.98. The summed E-state index contributed by atoms with van der Waals surface area (Å²) in [5.74, 6) is 0.905. The second-order valence-corrected chi connectivity index (χ2v) is 6.57. The summed E-state index contributed by atoms with van der Waals surface area (Å²) in [5.41, 5.74) is 1.62. The molecule has 0 spiro atoms. The number of fused-ring (bicyclic) bond motifs is 1. The highest BCUT2D eigenvalue weighted by atomic mass is 32.2. The third-order valence-electron chi connectivity index (χ3n) is 4.08. The molecule has 3 heterocycles. The Morgan fingerprint density at radius 1 is 1.12 bits per heavy atom. The third-order valence-corrected chi connectivity index (χ3v) is 4.98. The van der Waals surface area contributed by atoms with Crippen LogP contribution >= 0.6 is 11.8 Å². The summed E-state index contributed by atoms with van der Waals surface area (Å²) in [6.07, 6.45) is 3.42. The zero-order chi connectivity index (χ0) is 17.1. The number of carbonyl (C=O) groups excluding carboxylic acids is 1. The van der Waals surface area contributed by atoms with Crippen LogP contribution in [0.1, 0.15) is 16.1 Å². The number of amides is 1. The van der Waals surface area contributed by atoms with Crippen LogP contribution in [0.4, 0.5) is 0 Å². The number of hydrogen-bond acceptors (Lipinski definition) is 6. The van der Waals surface area contributed by atoms with Gasteiger partial charge in [0.25, 0.3) is 5.91 Å². The van der Waals surface area contributed by atoms with Crippen molar-refractivity contribution in [1.29, 1.82) is 0 Å². The van der Waals surface area contributed by atoms with Crippen LogP contribution < -0.4 is 0 Å². The summed E-state index contributed by atoms with van der Waals surface area (Å²) in [4.78, 5) is 23.2. The molecule has 25 heavy (non-hydrogen) atoms. The molecular formula is C18H17N3O3S. The van der Waals surface area contributed by atoms with E-state index in [0.29, 0.717) is 43.0 Å². The topological polar surface area (TPSA) is 68.5 Å². The lowest BCUT2D eigenvalue weighted by molar-refractivity contribution is 0.0283. The van der Waals surface area contributed by atoms with Gasteiger partial charge in [-0.3, -0.25) is 4.79 Å². The first-order valence-electron chi connectivity index (χ1n) is 8.10. The number of thioether (sulfide) groups is 1. The Balaban J connectivity index is 1.66. The van der Waals surface area contributed by atoms with Crippen LogP contribution in [0.15, 0.2) is 52.3 Å². The Kier molecular flexibility index (Phi) is 4.67. The number of para-hydroxylation sites is 1. The predicted molar refractivity (Wildman–Crippen MR) is 94.5 cm³/mol. The highest BCUT2D eigenvalue weighted by Crippen LogP contribution is 2.31. The molecule has 0 radical (unpaired) electrons. The molecule has 1 aliphatic heterocycles. The summed E-state index contributed by atoms with van der Waals surface area (Å²) in [6.45, 7) is 2.30. The maximum Gasteiger partial charge on any atom is 0.290 e. The number of carbonyl (C=O) groups is 1. The van der Waals surface area contributed by atoms with Crippen LogP contribution in [0.3, 0.4) is 0 Å². The van der Waals surface area contributed by atoms with Crippen molar-refractivity contribution in [2.45, 2.75) is 10.9 Å². The molecule has 7 heteroatoms. The number of benzene rings is 1. The molecule has 1 aromatic carbocycles. The van der Waals surface area contributed by atoms with E-state index in [4.69, 9.17) is 9.15 Å². The molecule has 0 aliphatic carbocycles. The van der Waals surface area contributed by atoms with E-state index >= 15 is 0 Å². The molecule has 1 fully saturated rings. The number of morpholine rings is 1. The van der Waals surface area contributed by atoms with Gasteiger partial charge in [-0.2, -0.15) is 0 Å². The normalized spacial score (nSPS) is 14.8. The van der Waals surface area contributed by atoms with Gasteiger partial charge in [0.15, 0.2) is 10.9 Å². The van der Waals surface area contributed by atoms with Crippen molar-refractivity contribution in [3.05, 3.63) is 54.0 Å². The first-order valence-corrected chi connectivity index (χ1v) is 9.09. The van der Waals surface area contributed by atoms with E-state index in [2.05, 4.69) is 9.97 Å². The van der Waals surface area contributed by atoms with Crippen molar-refractivity contribution in [2.75, 3.05) is 26.3 Å². The summed E-state index contributed by atoms with van der Waals surface area (Å²) in [5, 5.41) is 1.64. The third kappa shape index (κ3) is 3.38. The Morgan fingerprint density at radius 3 is 2.68 bits per heavy atom. The maximum atomic E-state index is 12.9.